The van der Waals surface area contributed by atoms with Gasteiger partial charge in [0.2, 0.25) is 5.91 Å². The minimum absolute atomic E-state index is 0.000711. The SMILES string of the molecule is CS(=O)(=O)CCC(=O)NCC1CN(Cc2ccccc2)CCCO1. The van der Waals surface area contributed by atoms with Gasteiger partial charge >= 0.3 is 0 Å². The molecule has 2 rings (SSSR count). The van der Waals surface area contributed by atoms with Crippen molar-refractivity contribution in [3.63, 3.8) is 0 Å². The van der Waals surface area contributed by atoms with E-state index in [-0.39, 0.29) is 24.2 Å². The molecule has 1 saturated heterocycles. The second-order valence-electron chi connectivity index (χ2n) is 6.25. The molecule has 0 bridgehead atoms. The van der Waals surface area contributed by atoms with Gasteiger partial charge < -0.3 is 10.1 Å². The Balaban J connectivity index is 1.78. The summed E-state index contributed by atoms with van der Waals surface area (Å²) in [4.78, 5) is 14.1. The van der Waals surface area contributed by atoms with Gasteiger partial charge in [-0.1, -0.05) is 30.3 Å². The number of nitrogens with one attached hydrogen (secondary N) is 1. The first-order valence-electron chi connectivity index (χ1n) is 8.25. The van der Waals surface area contributed by atoms with Gasteiger partial charge in [0.1, 0.15) is 9.84 Å². The van der Waals surface area contributed by atoms with Crippen molar-refractivity contribution < 1.29 is 17.9 Å². The van der Waals surface area contributed by atoms with E-state index in [9.17, 15) is 13.2 Å². The second kappa shape index (κ2) is 9.15. The zero-order valence-electron chi connectivity index (χ0n) is 14.1. The molecule has 1 N–H and O–H groups in total. The first kappa shape index (κ1) is 18.9. The number of ether oxygens (including phenoxy) is 1. The highest BCUT2D eigenvalue weighted by Crippen LogP contribution is 2.10. The van der Waals surface area contributed by atoms with E-state index in [1.807, 2.05) is 18.2 Å². The Morgan fingerprint density at radius 2 is 2.08 bits per heavy atom. The number of amides is 1. The van der Waals surface area contributed by atoms with Crippen molar-refractivity contribution in [3.8, 4) is 0 Å². The molecule has 1 aliphatic heterocycles. The summed E-state index contributed by atoms with van der Waals surface area (Å²) in [5, 5.41) is 2.78. The van der Waals surface area contributed by atoms with Crippen LogP contribution < -0.4 is 5.32 Å². The number of carbonyl (C=O) groups excluding carboxylic acids is 1. The maximum Gasteiger partial charge on any atom is 0.221 e. The molecule has 0 spiro atoms. The molecule has 0 aromatic heterocycles. The maximum absolute atomic E-state index is 11.7. The Labute approximate surface area is 144 Å². The molecule has 7 heteroatoms. The van der Waals surface area contributed by atoms with Gasteiger partial charge in [0.25, 0.3) is 0 Å². The van der Waals surface area contributed by atoms with Crippen LogP contribution in [-0.2, 0) is 25.9 Å². The minimum Gasteiger partial charge on any atom is -0.375 e. The zero-order valence-corrected chi connectivity index (χ0v) is 14.9. The van der Waals surface area contributed by atoms with Gasteiger partial charge in [-0.05, 0) is 12.0 Å². The highest BCUT2D eigenvalue weighted by atomic mass is 32.2. The summed E-state index contributed by atoms with van der Waals surface area (Å²) in [6.07, 6.45) is 2.03. The molecule has 24 heavy (non-hydrogen) atoms. The van der Waals surface area contributed by atoms with Crippen LogP contribution in [0.1, 0.15) is 18.4 Å². The summed E-state index contributed by atoms with van der Waals surface area (Å²) >= 11 is 0. The van der Waals surface area contributed by atoms with Crippen LogP contribution in [0.25, 0.3) is 0 Å². The number of benzene rings is 1. The van der Waals surface area contributed by atoms with Gasteiger partial charge in [-0.25, -0.2) is 8.42 Å². The van der Waals surface area contributed by atoms with Crippen LogP contribution >= 0.6 is 0 Å². The van der Waals surface area contributed by atoms with Crippen LogP contribution in [0.5, 0.6) is 0 Å². The fraction of sp³-hybridized carbons (Fsp3) is 0.588. The predicted molar refractivity (Wildman–Crippen MR) is 93.4 cm³/mol. The Morgan fingerprint density at radius 3 is 2.79 bits per heavy atom. The second-order valence-corrected chi connectivity index (χ2v) is 8.51. The lowest BCUT2D eigenvalue weighted by Gasteiger charge is -2.24. The normalized spacial score (nSPS) is 19.6. The summed E-state index contributed by atoms with van der Waals surface area (Å²) in [7, 11) is -3.11. The van der Waals surface area contributed by atoms with Crippen molar-refractivity contribution in [2.24, 2.45) is 0 Å². The molecule has 1 fully saturated rings. The third-order valence-electron chi connectivity index (χ3n) is 3.91. The third kappa shape index (κ3) is 7.42. The van der Waals surface area contributed by atoms with Crippen molar-refractivity contribution >= 4 is 15.7 Å². The topological polar surface area (TPSA) is 75.7 Å². The highest BCUT2D eigenvalue weighted by molar-refractivity contribution is 7.90. The molecule has 1 atom stereocenters. The molecule has 6 nitrogen and oxygen atoms in total. The van der Waals surface area contributed by atoms with Crippen LogP contribution in [0.15, 0.2) is 30.3 Å². The number of nitrogens with zero attached hydrogens (tertiary/aromatic N) is 1. The third-order valence-corrected chi connectivity index (χ3v) is 4.86. The maximum atomic E-state index is 11.7. The molecule has 134 valence electrons. The van der Waals surface area contributed by atoms with E-state index >= 15 is 0 Å². The average Bonchev–Trinajstić information content (AvgIpc) is 2.76. The van der Waals surface area contributed by atoms with E-state index in [4.69, 9.17) is 4.74 Å². The summed E-state index contributed by atoms with van der Waals surface area (Å²) in [6.45, 7) is 3.67. The minimum atomic E-state index is -3.11. The van der Waals surface area contributed by atoms with Crippen molar-refractivity contribution in [1.29, 1.82) is 0 Å². The highest BCUT2D eigenvalue weighted by Gasteiger charge is 2.19. The number of hydrogen-bond donors (Lipinski definition) is 1. The molecule has 1 heterocycles. The van der Waals surface area contributed by atoms with E-state index in [1.54, 1.807) is 0 Å². The summed E-state index contributed by atoms with van der Waals surface area (Å²) in [6, 6.07) is 10.3. The van der Waals surface area contributed by atoms with E-state index in [0.29, 0.717) is 13.2 Å². The molecule has 1 aromatic rings. The van der Waals surface area contributed by atoms with Crippen molar-refractivity contribution in [2.45, 2.75) is 25.5 Å². The van der Waals surface area contributed by atoms with Gasteiger partial charge in [0, 0.05) is 45.5 Å². The van der Waals surface area contributed by atoms with Crippen molar-refractivity contribution in [2.75, 3.05) is 38.2 Å². The molecule has 1 unspecified atom stereocenters. The average molecular weight is 354 g/mol. The lowest BCUT2D eigenvalue weighted by molar-refractivity contribution is -0.121. The van der Waals surface area contributed by atoms with E-state index in [1.165, 1.54) is 5.56 Å². The lowest BCUT2D eigenvalue weighted by Crippen LogP contribution is -2.40. The Kier molecular flexibility index (Phi) is 7.20. The van der Waals surface area contributed by atoms with Crippen molar-refractivity contribution in [3.05, 3.63) is 35.9 Å². The number of carbonyl (C=O) groups is 1. The quantitative estimate of drug-likeness (QED) is 0.785. The Bertz CT molecular complexity index is 619. The summed E-state index contributed by atoms with van der Waals surface area (Å²) < 4.78 is 28.0. The van der Waals surface area contributed by atoms with Crippen LogP contribution in [0.4, 0.5) is 0 Å². The standard InChI is InChI=1S/C17H26N2O4S/c1-24(21,22)11-8-17(20)18-12-16-14-19(9-5-10-23-16)13-15-6-3-2-4-7-15/h2-4,6-7,16H,5,8-14H2,1H3,(H,18,20). The fourth-order valence-electron chi connectivity index (χ4n) is 2.67. The van der Waals surface area contributed by atoms with Gasteiger partial charge in [-0.2, -0.15) is 0 Å². The van der Waals surface area contributed by atoms with E-state index in [0.717, 1.165) is 32.3 Å². The first-order chi connectivity index (χ1) is 11.4. The molecular weight excluding hydrogens is 328 g/mol. The largest absolute Gasteiger partial charge is 0.375 e. The molecule has 1 aromatic carbocycles. The summed E-state index contributed by atoms with van der Waals surface area (Å²) in [5.74, 6) is -0.368. The van der Waals surface area contributed by atoms with Crippen LogP contribution in [-0.4, -0.2) is 63.6 Å². The number of sulfone groups is 1. The Morgan fingerprint density at radius 1 is 1.33 bits per heavy atom. The fourth-order valence-corrected chi connectivity index (χ4v) is 3.23. The number of hydrogen-bond acceptors (Lipinski definition) is 5. The van der Waals surface area contributed by atoms with Gasteiger partial charge in [0.05, 0.1) is 11.9 Å². The zero-order chi connectivity index (χ0) is 17.4. The smallest absolute Gasteiger partial charge is 0.221 e. The monoisotopic (exact) mass is 354 g/mol. The molecule has 0 aliphatic carbocycles. The molecule has 1 amide bonds. The van der Waals surface area contributed by atoms with Gasteiger partial charge in [0.15, 0.2) is 0 Å². The van der Waals surface area contributed by atoms with Gasteiger partial charge in [-0.15, -0.1) is 0 Å². The van der Waals surface area contributed by atoms with Crippen molar-refractivity contribution in [1.82, 2.24) is 10.2 Å². The van der Waals surface area contributed by atoms with Crippen LogP contribution in [0, 0.1) is 0 Å². The first-order valence-corrected chi connectivity index (χ1v) is 10.3. The van der Waals surface area contributed by atoms with E-state index in [2.05, 4.69) is 22.3 Å². The molecule has 0 saturated carbocycles. The van der Waals surface area contributed by atoms with Crippen LogP contribution in [0.3, 0.4) is 0 Å². The van der Waals surface area contributed by atoms with Crippen LogP contribution in [0.2, 0.25) is 0 Å². The van der Waals surface area contributed by atoms with Gasteiger partial charge in [-0.3, -0.25) is 9.69 Å². The van der Waals surface area contributed by atoms with E-state index < -0.39 is 9.84 Å². The summed E-state index contributed by atoms with van der Waals surface area (Å²) in [5.41, 5.74) is 1.26. The number of rotatable bonds is 7. The molecule has 1 aliphatic rings. The molecular formula is C17H26N2O4S. The lowest BCUT2D eigenvalue weighted by atomic mass is 10.2. The Hall–Kier alpha value is -1.44. The molecule has 0 radical (unpaired) electrons. The predicted octanol–water partition coefficient (Wildman–Crippen LogP) is 0.828.